The second-order valence-electron chi connectivity index (χ2n) is 3.54. The van der Waals surface area contributed by atoms with E-state index in [4.69, 9.17) is 5.73 Å². The van der Waals surface area contributed by atoms with Gasteiger partial charge >= 0.3 is 0 Å². The van der Waals surface area contributed by atoms with E-state index in [1.807, 2.05) is 6.07 Å². The molecule has 0 fully saturated rings. The highest BCUT2D eigenvalue weighted by Gasteiger charge is 2.28. The first-order valence-electron chi connectivity index (χ1n) is 3.98. The van der Waals surface area contributed by atoms with Crippen LogP contribution in [0, 0.1) is 5.92 Å². The van der Waals surface area contributed by atoms with Gasteiger partial charge in [-0.3, -0.25) is 0 Å². The smallest absolute Gasteiger partial charge is 0.0509 e. The summed E-state index contributed by atoms with van der Waals surface area (Å²) in [7, 11) is 0. The second kappa shape index (κ2) is 3.48. The van der Waals surface area contributed by atoms with E-state index in [1.54, 1.807) is 11.3 Å². The summed E-state index contributed by atoms with van der Waals surface area (Å²) in [6.45, 7) is 6.37. The van der Waals surface area contributed by atoms with Gasteiger partial charge in [0.15, 0.2) is 0 Å². The van der Waals surface area contributed by atoms with Crippen LogP contribution in [0.5, 0.6) is 0 Å². The highest BCUT2D eigenvalue weighted by atomic mass is 79.9. The van der Waals surface area contributed by atoms with Crippen molar-refractivity contribution in [3.63, 3.8) is 0 Å². The third-order valence-corrected chi connectivity index (χ3v) is 4.40. The van der Waals surface area contributed by atoms with Gasteiger partial charge in [0.05, 0.1) is 5.54 Å². The molecule has 2 N–H and O–H groups in total. The lowest BCUT2D eigenvalue weighted by molar-refractivity contribution is 0.356. The molecule has 3 heteroatoms. The van der Waals surface area contributed by atoms with Crippen molar-refractivity contribution in [1.82, 2.24) is 0 Å². The molecular formula is C9H14BrNS. The van der Waals surface area contributed by atoms with Gasteiger partial charge in [-0.1, -0.05) is 13.8 Å². The van der Waals surface area contributed by atoms with Gasteiger partial charge in [0.2, 0.25) is 0 Å². The van der Waals surface area contributed by atoms with E-state index in [2.05, 4.69) is 42.1 Å². The molecule has 68 valence electrons. The molecule has 1 atom stereocenters. The van der Waals surface area contributed by atoms with Crippen LogP contribution < -0.4 is 5.73 Å². The third-order valence-electron chi connectivity index (χ3n) is 2.31. The zero-order valence-corrected chi connectivity index (χ0v) is 10.00. The molecule has 0 saturated carbocycles. The molecule has 0 aromatic carbocycles. The van der Waals surface area contributed by atoms with Gasteiger partial charge in [-0.25, -0.2) is 0 Å². The maximum absolute atomic E-state index is 6.21. The minimum atomic E-state index is -0.215. The van der Waals surface area contributed by atoms with Crippen LogP contribution in [0.15, 0.2) is 15.9 Å². The van der Waals surface area contributed by atoms with E-state index in [0.717, 1.165) is 4.47 Å². The molecule has 1 unspecified atom stereocenters. The summed E-state index contributed by atoms with van der Waals surface area (Å²) < 4.78 is 1.13. The molecular weight excluding hydrogens is 234 g/mol. The summed E-state index contributed by atoms with van der Waals surface area (Å²) in [5.41, 5.74) is 5.99. The molecule has 0 spiro atoms. The summed E-state index contributed by atoms with van der Waals surface area (Å²) in [4.78, 5) is 1.23. The Labute approximate surface area is 86.1 Å². The van der Waals surface area contributed by atoms with Gasteiger partial charge in [-0.2, -0.15) is 0 Å². The van der Waals surface area contributed by atoms with Gasteiger partial charge in [0.25, 0.3) is 0 Å². The first-order chi connectivity index (χ1) is 5.46. The van der Waals surface area contributed by atoms with Crippen LogP contribution >= 0.6 is 27.3 Å². The Bertz CT molecular complexity index is 265. The summed E-state index contributed by atoms with van der Waals surface area (Å²) in [6.07, 6.45) is 0. The van der Waals surface area contributed by atoms with E-state index in [-0.39, 0.29) is 5.54 Å². The van der Waals surface area contributed by atoms with Crippen molar-refractivity contribution in [3.05, 3.63) is 20.8 Å². The van der Waals surface area contributed by atoms with Crippen LogP contribution in [-0.4, -0.2) is 0 Å². The largest absolute Gasteiger partial charge is 0.321 e. The van der Waals surface area contributed by atoms with Crippen LogP contribution in [0.2, 0.25) is 0 Å². The van der Waals surface area contributed by atoms with Crippen molar-refractivity contribution in [2.45, 2.75) is 26.3 Å². The average Bonchev–Trinajstić information content (AvgIpc) is 2.35. The summed E-state index contributed by atoms with van der Waals surface area (Å²) in [5.74, 6) is 0.451. The zero-order chi connectivity index (χ0) is 9.35. The molecule has 0 aliphatic heterocycles. The van der Waals surface area contributed by atoms with Gasteiger partial charge < -0.3 is 5.73 Å². The Hall–Kier alpha value is 0.140. The number of nitrogens with two attached hydrogens (primary N) is 1. The quantitative estimate of drug-likeness (QED) is 0.853. The first-order valence-corrected chi connectivity index (χ1v) is 5.66. The molecule has 1 aromatic rings. The normalized spacial score (nSPS) is 16.5. The van der Waals surface area contributed by atoms with Crippen molar-refractivity contribution >= 4 is 27.3 Å². The number of hydrogen-bond acceptors (Lipinski definition) is 2. The lowest BCUT2D eigenvalue weighted by Crippen LogP contribution is -2.37. The Balaban J connectivity index is 3.05. The van der Waals surface area contributed by atoms with Crippen LogP contribution in [0.25, 0.3) is 0 Å². The zero-order valence-electron chi connectivity index (χ0n) is 7.60. The van der Waals surface area contributed by atoms with E-state index in [0.29, 0.717) is 5.92 Å². The third kappa shape index (κ3) is 1.73. The Morgan fingerprint density at radius 3 is 2.50 bits per heavy atom. The molecule has 1 heterocycles. The van der Waals surface area contributed by atoms with Crippen LogP contribution in [0.3, 0.4) is 0 Å². The average molecular weight is 248 g/mol. The number of rotatable bonds is 2. The topological polar surface area (TPSA) is 26.0 Å². The molecule has 0 aliphatic rings. The van der Waals surface area contributed by atoms with Crippen molar-refractivity contribution in [1.29, 1.82) is 0 Å². The van der Waals surface area contributed by atoms with Crippen LogP contribution in [0.1, 0.15) is 25.6 Å². The SMILES string of the molecule is CC(C)C(C)(N)c1sccc1Br. The van der Waals surface area contributed by atoms with Gasteiger partial charge in [-0.05, 0) is 40.2 Å². The van der Waals surface area contributed by atoms with Crippen molar-refractivity contribution < 1.29 is 0 Å². The Morgan fingerprint density at radius 2 is 2.17 bits per heavy atom. The molecule has 1 nitrogen and oxygen atoms in total. The highest BCUT2D eigenvalue weighted by Crippen LogP contribution is 2.35. The fourth-order valence-corrected chi connectivity index (χ4v) is 2.97. The van der Waals surface area contributed by atoms with E-state index < -0.39 is 0 Å². The predicted octanol–water partition coefficient (Wildman–Crippen LogP) is 3.34. The summed E-state index contributed by atoms with van der Waals surface area (Å²) in [6, 6.07) is 2.05. The van der Waals surface area contributed by atoms with Crippen molar-refractivity contribution in [2.75, 3.05) is 0 Å². The molecule has 0 amide bonds. The van der Waals surface area contributed by atoms with Crippen LogP contribution in [0.4, 0.5) is 0 Å². The van der Waals surface area contributed by atoms with Crippen molar-refractivity contribution in [3.8, 4) is 0 Å². The molecule has 0 radical (unpaired) electrons. The van der Waals surface area contributed by atoms with E-state index >= 15 is 0 Å². The fraction of sp³-hybridized carbons (Fsp3) is 0.556. The lowest BCUT2D eigenvalue weighted by atomic mass is 9.88. The molecule has 0 bridgehead atoms. The Morgan fingerprint density at radius 1 is 1.58 bits per heavy atom. The molecule has 12 heavy (non-hydrogen) atoms. The first kappa shape index (κ1) is 10.2. The van der Waals surface area contributed by atoms with Gasteiger partial charge in [0, 0.05) is 9.35 Å². The summed E-state index contributed by atoms with van der Waals surface area (Å²) >= 11 is 5.21. The van der Waals surface area contributed by atoms with Gasteiger partial charge in [-0.15, -0.1) is 11.3 Å². The lowest BCUT2D eigenvalue weighted by Gasteiger charge is -2.28. The minimum Gasteiger partial charge on any atom is -0.321 e. The second-order valence-corrected chi connectivity index (χ2v) is 5.31. The monoisotopic (exact) mass is 247 g/mol. The predicted molar refractivity (Wildman–Crippen MR) is 58.4 cm³/mol. The number of halogens is 1. The Kier molecular flexibility index (Phi) is 2.97. The molecule has 1 aromatic heterocycles. The maximum atomic E-state index is 6.21. The standard InChI is InChI=1S/C9H14BrNS/c1-6(2)9(3,11)8-7(10)4-5-12-8/h4-6H,11H2,1-3H3. The molecule has 0 aliphatic carbocycles. The fourth-order valence-electron chi connectivity index (χ4n) is 0.940. The van der Waals surface area contributed by atoms with E-state index in [1.165, 1.54) is 4.88 Å². The van der Waals surface area contributed by atoms with Crippen LogP contribution in [-0.2, 0) is 5.54 Å². The minimum absolute atomic E-state index is 0.215. The van der Waals surface area contributed by atoms with Crippen molar-refractivity contribution in [2.24, 2.45) is 11.7 Å². The van der Waals surface area contributed by atoms with E-state index in [9.17, 15) is 0 Å². The number of thiophene rings is 1. The van der Waals surface area contributed by atoms with Gasteiger partial charge in [0.1, 0.15) is 0 Å². The molecule has 0 saturated heterocycles. The summed E-state index contributed by atoms with van der Waals surface area (Å²) in [5, 5.41) is 2.06. The molecule has 1 rings (SSSR count). The highest BCUT2D eigenvalue weighted by molar-refractivity contribution is 9.10. The number of hydrogen-bond donors (Lipinski definition) is 1. The maximum Gasteiger partial charge on any atom is 0.0509 e.